The maximum atomic E-state index is 7.37. The molecule has 0 saturated heterocycles. The molecule has 3 nitrogen and oxygen atoms in total. The zero-order valence-electron chi connectivity index (χ0n) is 10.6. The van der Waals surface area contributed by atoms with Crippen LogP contribution in [0.4, 0.5) is 0 Å². The van der Waals surface area contributed by atoms with Gasteiger partial charge in [0.25, 0.3) is 0 Å². The lowest BCUT2D eigenvalue weighted by atomic mass is 10.1. The van der Waals surface area contributed by atoms with E-state index in [1.165, 1.54) is 0 Å². The molecular formula is C15H15ClN2O. The second-order valence-electron chi connectivity index (χ2n) is 4.12. The summed E-state index contributed by atoms with van der Waals surface area (Å²) in [5, 5.41) is 7.81. The highest BCUT2D eigenvalue weighted by atomic mass is 35.5. The summed E-state index contributed by atoms with van der Waals surface area (Å²) in [5.41, 5.74) is 7.12. The van der Waals surface area contributed by atoms with E-state index in [0.29, 0.717) is 16.3 Å². The quantitative estimate of drug-likeness (QED) is 0.654. The van der Waals surface area contributed by atoms with Crippen LogP contribution in [-0.4, -0.2) is 5.84 Å². The lowest BCUT2D eigenvalue weighted by Gasteiger charge is -2.11. The van der Waals surface area contributed by atoms with Crippen molar-refractivity contribution >= 4 is 17.4 Å². The van der Waals surface area contributed by atoms with E-state index in [1.807, 2.05) is 24.3 Å². The van der Waals surface area contributed by atoms with E-state index < -0.39 is 0 Å². The highest BCUT2D eigenvalue weighted by molar-refractivity contribution is 6.32. The first-order chi connectivity index (χ1) is 9.11. The zero-order chi connectivity index (χ0) is 13.8. The van der Waals surface area contributed by atoms with Crippen molar-refractivity contribution in [2.75, 3.05) is 0 Å². The number of ether oxygens (including phenoxy) is 1. The molecule has 0 aliphatic rings. The minimum Gasteiger partial charge on any atom is -0.456 e. The van der Waals surface area contributed by atoms with Crippen LogP contribution in [0.15, 0.2) is 42.5 Å². The SMILES string of the molecule is CCc1ccccc1Oc1ccc(C(=N)N)cc1Cl. The predicted molar refractivity (Wildman–Crippen MR) is 78.4 cm³/mol. The van der Waals surface area contributed by atoms with Gasteiger partial charge in [-0.25, -0.2) is 0 Å². The lowest BCUT2D eigenvalue weighted by Crippen LogP contribution is -2.10. The minimum atomic E-state index is -0.0117. The normalized spacial score (nSPS) is 10.2. The van der Waals surface area contributed by atoms with Crippen LogP contribution in [0.1, 0.15) is 18.1 Å². The highest BCUT2D eigenvalue weighted by Gasteiger charge is 2.08. The van der Waals surface area contributed by atoms with Crippen LogP contribution in [0.25, 0.3) is 0 Å². The Balaban J connectivity index is 2.31. The molecule has 0 heterocycles. The van der Waals surface area contributed by atoms with Gasteiger partial charge in [-0.05, 0) is 36.2 Å². The standard InChI is InChI=1S/C15H15ClN2O/c1-2-10-5-3-4-6-13(10)19-14-8-7-11(15(17)18)9-12(14)16/h3-9H,2H2,1H3,(H3,17,18). The van der Waals surface area contributed by atoms with Crippen LogP contribution in [-0.2, 0) is 6.42 Å². The van der Waals surface area contributed by atoms with E-state index >= 15 is 0 Å². The Labute approximate surface area is 117 Å². The zero-order valence-corrected chi connectivity index (χ0v) is 11.4. The Morgan fingerprint density at radius 1 is 1.21 bits per heavy atom. The molecule has 0 radical (unpaired) electrons. The molecule has 2 rings (SSSR count). The smallest absolute Gasteiger partial charge is 0.146 e. The van der Waals surface area contributed by atoms with Crippen molar-refractivity contribution in [3.63, 3.8) is 0 Å². The molecule has 0 aliphatic carbocycles. The van der Waals surface area contributed by atoms with E-state index in [4.69, 9.17) is 27.5 Å². The third-order valence-corrected chi connectivity index (χ3v) is 3.11. The van der Waals surface area contributed by atoms with Crippen molar-refractivity contribution in [2.24, 2.45) is 5.73 Å². The summed E-state index contributed by atoms with van der Waals surface area (Å²) < 4.78 is 5.82. The number of nitrogens with one attached hydrogen (secondary N) is 1. The van der Waals surface area contributed by atoms with Gasteiger partial charge in [0.05, 0.1) is 5.02 Å². The van der Waals surface area contributed by atoms with E-state index in [-0.39, 0.29) is 5.84 Å². The molecule has 19 heavy (non-hydrogen) atoms. The molecule has 0 amide bonds. The lowest BCUT2D eigenvalue weighted by molar-refractivity contribution is 0.477. The van der Waals surface area contributed by atoms with Gasteiger partial charge in [-0.1, -0.05) is 36.7 Å². The van der Waals surface area contributed by atoms with Crippen LogP contribution in [0.5, 0.6) is 11.5 Å². The first-order valence-corrected chi connectivity index (χ1v) is 6.39. The third kappa shape index (κ3) is 3.06. The van der Waals surface area contributed by atoms with Gasteiger partial charge in [-0.15, -0.1) is 0 Å². The highest BCUT2D eigenvalue weighted by Crippen LogP contribution is 2.31. The third-order valence-electron chi connectivity index (χ3n) is 2.82. The molecule has 98 valence electrons. The molecule has 0 aromatic heterocycles. The molecular weight excluding hydrogens is 260 g/mol. The molecule has 4 heteroatoms. The fourth-order valence-electron chi connectivity index (χ4n) is 1.77. The van der Waals surface area contributed by atoms with Crippen molar-refractivity contribution in [2.45, 2.75) is 13.3 Å². The maximum absolute atomic E-state index is 7.37. The first-order valence-electron chi connectivity index (χ1n) is 6.01. The van der Waals surface area contributed by atoms with Crippen LogP contribution in [0, 0.1) is 5.41 Å². The topological polar surface area (TPSA) is 59.1 Å². The molecule has 3 N–H and O–H groups in total. The Morgan fingerprint density at radius 2 is 1.95 bits per heavy atom. The van der Waals surface area contributed by atoms with Crippen LogP contribution >= 0.6 is 11.6 Å². The number of nitrogen functional groups attached to an aromatic ring is 1. The molecule has 0 bridgehead atoms. The number of rotatable bonds is 4. The van der Waals surface area contributed by atoms with Gasteiger partial charge < -0.3 is 10.5 Å². The molecule has 0 fully saturated rings. The van der Waals surface area contributed by atoms with Crippen molar-refractivity contribution in [3.05, 3.63) is 58.6 Å². The molecule has 2 aromatic rings. The summed E-state index contributed by atoms with van der Waals surface area (Å²) >= 11 is 6.14. The van der Waals surface area contributed by atoms with Crippen LogP contribution in [0.3, 0.4) is 0 Å². The Hall–Kier alpha value is -2.00. The van der Waals surface area contributed by atoms with Gasteiger partial charge in [0.1, 0.15) is 17.3 Å². The van der Waals surface area contributed by atoms with Crippen LogP contribution in [0.2, 0.25) is 5.02 Å². The number of amidine groups is 1. The maximum Gasteiger partial charge on any atom is 0.146 e. The van der Waals surface area contributed by atoms with E-state index in [0.717, 1.165) is 17.7 Å². The number of nitrogens with two attached hydrogens (primary N) is 1. The molecule has 2 aromatic carbocycles. The Morgan fingerprint density at radius 3 is 2.58 bits per heavy atom. The fraction of sp³-hybridized carbons (Fsp3) is 0.133. The van der Waals surface area contributed by atoms with Gasteiger partial charge >= 0.3 is 0 Å². The second-order valence-corrected chi connectivity index (χ2v) is 4.53. The summed E-state index contributed by atoms with van der Waals surface area (Å²) in [7, 11) is 0. The van der Waals surface area contributed by atoms with Crippen LogP contribution < -0.4 is 10.5 Å². The largest absolute Gasteiger partial charge is 0.456 e. The number of para-hydroxylation sites is 1. The molecule has 0 saturated carbocycles. The van der Waals surface area contributed by atoms with Gasteiger partial charge in [0.2, 0.25) is 0 Å². The second kappa shape index (κ2) is 5.76. The summed E-state index contributed by atoms with van der Waals surface area (Å²) in [6, 6.07) is 12.9. The van der Waals surface area contributed by atoms with E-state index in [1.54, 1.807) is 18.2 Å². The number of aryl methyl sites for hydroxylation is 1. The summed E-state index contributed by atoms with van der Waals surface area (Å²) in [6.45, 7) is 2.07. The average Bonchev–Trinajstić information content (AvgIpc) is 2.41. The van der Waals surface area contributed by atoms with Crippen molar-refractivity contribution in [3.8, 4) is 11.5 Å². The number of hydrogen-bond acceptors (Lipinski definition) is 2. The van der Waals surface area contributed by atoms with Crippen molar-refractivity contribution in [1.29, 1.82) is 5.41 Å². The number of halogens is 1. The van der Waals surface area contributed by atoms with E-state index in [2.05, 4.69) is 6.92 Å². The molecule has 0 aliphatic heterocycles. The van der Waals surface area contributed by atoms with Gasteiger partial charge in [-0.2, -0.15) is 0 Å². The summed E-state index contributed by atoms with van der Waals surface area (Å²) in [4.78, 5) is 0. The number of benzene rings is 2. The van der Waals surface area contributed by atoms with Gasteiger partial charge in [0, 0.05) is 5.56 Å². The molecule has 0 spiro atoms. The Bertz CT molecular complexity index is 611. The Kier molecular flexibility index (Phi) is 4.07. The fourth-order valence-corrected chi connectivity index (χ4v) is 1.98. The van der Waals surface area contributed by atoms with Gasteiger partial charge in [0.15, 0.2) is 0 Å². The molecule has 0 unspecified atom stereocenters. The van der Waals surface area contributed by atoms with Crippen molar-refractivity contribution < 1.29 is 4.74 Å². The average molecular weight is 275 g/mol. The predicted octanol–water partition coefficient (Wildman–Crippen LogP) is 3.98. The van der Waals surface area contributed by atoms with E-state index in [9.17, 15) is 0 Å². The monoisotopic (exact) mass is 274 g/mol. The summed E-state index contributed by atoms with van der Waals surface area (Å²) in [6.07, 6.45) is 0.888. The number of hydrogen-bond donors (Lipinski definition) is 2. The first kappa shape index (κ1) is 13.4. The molecule has 0 atom stereocenters. The van der Waals surface area contributed by atoms with Crippen molar-refractivity contribution in [1.82, 2.24) is 0 Å². The summed E-state index contributed by atoms with van der Waals surface area (Å²) in [5.74, 6) is 1.34. The minimum absolute atomic E-state index is 0.0117. The van der Waals surface area contributed by atoms with Gasteiger partial charge in [-0.3, -0.25) is 5.41 Å².